The fraction of sp³-hybridized carbons (Fsp3) is 0. The van der Waals surface area contributed by atoms with Gasteiger partial charge in [-0.2, -0.15) is 0 Å². The van der Waals surface area contributed by atoms with Crippen molar-refractivity contribution in [1.82, 2.24) is 0 Å². The van der Waals surface area contributed by atoms with Crippen LogP contribution in [0.1, 0.15) is 20.7 Å². The Morgan fingerprint density at radius 3 is 1.15 bits per heavy atom. The van der Waals surface area contributed by atoms with E-state index < -0.39 is 11.9 Å². The predicted molar refractivity (Wildman–Crippen MR) is 83.5 cm³/mol. The number of benzene rings is 2. The van der Waals surface area contributed by atoms with Gasteiger partial charge in [-0.25, -0.2) is 9.59 Å². The lowest BCUT2D eigenvalue weighted by Gasteiger charge is -1.85. The minimum absolute atomic E-state index is 0. The number of halogens is 2. The van der Waals surface area contributed by atoms with Crippen LogP contribution < -0.4 is 24.8 Å². The topological polar surface area (TPSA) is 194 Å². The van der Waals surface area contributed by atoms with Crippen LogP contribution in [0.5, 0.6) is 0 Å². The summed E-state index contributed by atoms with van der Waals surface area (Å²) in [4.78, 5) is 26.4. The lowest BCUT2D eigenvalue weighted by atomic mass is 10.2. The minimum atomic E-state index is -1.10. The molecular weight excluding hydrogens is 391 g/mol. The SMILES string of the molecule is N#[N+]c1ccccc1C(=O)O.N#[N+]c1ccccc1C(=O)O.O.O.[Cl-].[Cl-]. The molecule has 0 fully saturated rings. The van der Waals surface area contributed by atoms with Crippen LogP contribution in [0.2, 0.25) is 0 Å². The Hall–Kier alpha value is -3.28. The van der Waals surface area contributed by atoms with Crippen molar-refractivity contribution in [1.29, 1.82) is 10.8 Å². The Morgan fingerprint density at radius 1 is 0.692 bits per heavy atom. The van der Waals surface area contributed by atoms with Crippen molar-refractivity contribution in [3.05, 3.63) is 69.6 Å². The first kappa shape index (κ1) is 30.6. The molecule has 0 aliphatic heterocycles. The second-order valence-corrected chi connectivity index (χ2v) is 3.84. The van der Waals surface area contributed by atoms with Gasteiger partial charge < -0.3 is 46.0 Å². The number of hydrogen-bond donors (Lipinski definition) is 2. The Balaban J connectivity index is -0.000000161. The molecule has 140 valence electrons. The Kier molecular flexibility index (Phi) is 18.0. The van der Waals surface area contributed by atoms with Crippen LogP contribution in [0.3, 0.4) is 0 Å². The number of nitrogens with zero attached hydrogens (tertiary/aromatic N) is 4. The molecule has 0 aliphatic carbocycles. The van der Waals surface area contributed by atoms with Crippen LogP contribution in [0.25, 0.3) is 9.95 Å². The summed E-state index contributed by atoms with van der Waals surface area (Å²) in [6.45, 7) is 0. The van der Waals surface area contributed by atoms with Crippen LogP contribution in [0.4, 0.5) is 11.4 Å². The maximum absolute atomic E-state index is 10.4. The third-order valence-corrected chi connectivity index (χ3v) is 2.48. The van der Waals surface area contributed by atoms with Crippen molar-refractivity contribution in [2.45, 2.75) is 0 Å². The van der Waals surface area contributed by atoms with Gasteiger partial charge in [0.2, 0.25) is 10.8 Å². The summed E-state index contributed by atoms with van der Waals surface area (Å²) >= 11 is 0. The molecule has 6 N–H and O–H groups in total. The van der Waals surface area contributed by atoms with E-state index in [1.807, 2.05) is 0 Å². The number of rotatable bonds is 2. The summed E-state index contributed by atoms with van der Waals surface area (Å²) in [5, 5.41) is 33.7. The third kappa shape index (κ3) is 8.54. The first-order valence-corrected chi connectivity index (χ1v) is 5.86. The number of aromatic carboxylic acids is 2. The standard InChI is InChI=1S/2C7H4N2O2.2ClH.2H2O/c2*8-9-6-4-2-1-3-5(6)7(10)11;;;;/h2*1-4H;2*1H;2*1H2. The number of carbonyl (C=O) groups is 2. The van der Waals surface area contributed by atoms with Crippen LogP contribution in [-0.4, -0.2) is 33.1 Å². The molecule has 0 atom stereocenters. The molecular formula is C14H14Cl2N4O6. The van der Waals surface area contributed by atoms with Crippen molar-refractivity contribution < 1.29 is 55.6 Å². The normalized spacial score (nSPS) is 7.31. The summed E-state index contributed by atoms with van der Waals surface area (Å²) in [5.41, 5.74) is 0.130. The van der Waals surface area contributed by atoms with E-state index in [2.05, 4.69) is 9.95 Å². The smallest absolute Gasteiger partial charge is 0.399 e. The van der Waals surface area contributed by atoms with Crippen molar-refractivity contribution in [3.8, 4) is 0 Å². The van der Waals surface area contributed by atoms with Gasteiger partial charge in [0.15, 0.2) is 21.1 Å². The molecule has 0 bridgehead atoms. The second-order valence-electron chi connectivity index (χ2n) is 3.84. The Morgan fingerprint density at radius 2 is 0.962 bits per heavy atom. The average Bonchev–Trinajstić information content (AvgIpc) is 2.55. The number of diazo groups is 2. The van der Waals surface area contributed by atoms with E-state index >= 15 is 0 Å². The molecule has 0 spiro atoms. The molecule has 26 heavy (non-hydrogen) atoms. The molecule has 2 rings (SSSR count). The predicted octanol–water partition coefficient (Wildman–Crippen LogP) is -3.90. The first-order chi connectivity index (χ1) is 10.5. The number of carboxylic acids is 2. The van der Waals surface area contributed by atoms with Gasteiger partial charge in [0.1, 0.15) is 0 Å². The van der Waals surface area contributed by atoms with Gasteiger partial charge in [-0.05, 0) is 12.1 Å². The van der Waals surface area contributed by atoms with Crippen LogP contribution in [-0.2, 0) is 0 Å². The largest absolute Gasteiger partial charge is 1.00 e. The summed E-state index contributed by atoms with van der Waals surface area (Å²) in [7, 11) is 0. The van der Waals surface area contributed by atoms with E-state index in [0.29, 0.717) is 0 Å². The molecule has 2 aromatic carbocycles. The Labute approximate surface area is 159 Å². The highest BCUT2D eigenvalue weighted by Gasteiger charge is 2.18. The maximum atomic E-state index is 10.4. The van der Waals surface area contributed by atoms with Crippen molar-refractivity contribution in [3.63, 3.8) is 0 Å². The van der Waals surface area contributed by atoms with E-state index in [4.69, 9.17) is 21.0 Å². The number of hydrogen-bond acceptors (Lipinski definition) is 4. The van der Waals surface area contributed by atoms with Crippen LogP contribution in [0.15, 0.2) is 48.5 Å². The summed E-state index contributed by atoms with van der Waals surface area (Å²) in [6, 6.07) is 11.9. The van der Waals surface area contributed by atoms with Gasteiger partial charge in [-0.3, -0.25) is 0 Å². The minimum Gasteiger partial charge on any atom is -1.00 e. The fourth-order valence-corrected chi connectivity index (χ4v) is 1.48. The van der Waals surface area contributed by atoms with Crippen molar-refractivity contribution in [2.75, 3.05) is 0 Å². The summed E-state index contributed by atoms with van der Waals surface area (Å²) in [5.74, 6) is -2.20. The fourth-order valence-electron chi connectivity index (χ4n) is 1.48. The van der Waals surface area contributed by atoms with E-state index in [1.165, 1.54) is 24.3 Å². The van der Waals surface area contributed by atoms with E-state index in [1.54, 1.807) is 24.3 Å². The maximum Gasteiger partial charge on any atom is 0.399 e. The molecule has 0 unspecified atom stereocenters. The molecule has 0 saturated carbocycles. The molecule has 2 aromatic rings. The zero-order chi connectivity index (χ0) is 16.5. The summed E-state index contributed by atoms with van der Waals surface area (Å²) < 4.78 is 0. The van der Waals surface area contributed by atoms with Gasteiger partial charge in [0.05, 0.1) is 0 Å². The molecule has 10 nitrogen and oxygen atoms in total. The zero-order valence-electron chi connectivity index (χ0n) is 12.9. The summed E-state index contributed by atoms with van der Waals surface area (Å²) in [6.07, 6.45) is 0. The lowest BCUT2D eigenvalue weighted by molar-refractivity contribution is -0.00100. The van der Waals surface area contributed by atoms with E-state index in [-0.39, 0.29) is 58.3 Å². The highest BCUT2D eigenvalue weighted by molar-refractivity contribution is 5.94. The van der Waals surface area contributed by atoms with Crippen molar-refractivity contribution >= 4 is 23.3 Å². The van der Waals surface area contributed by atoms with Gasteiger partial charge in [-0.1, -0.05) is 24.3 Å². The zero-order valence-corrected chi connectivity index (χ0v) is 14.4. The molecule has 0 saturated heterocycles. The van der Waals surface area contributed by atoms with E-state index in [0.717, 1.165) is 0 Å². The van der Waals surface area contributed by atoms with Gasteiger partial charge in [-0.15, -0.1) is 0 Å². The van der Waals surface area contributed by atoms with Crippen LogP contribution in [0, 0.1) is 10.8 Å². The second kappa shape index (κ2) is 15.3. The number of carboxylic acid groups (broad SMARTS) is 2. The van der Waals surface area contributed by atoms with E-state index in [9.17, 15) is 9.59 Å². The van der Waals surface area contributed by atoms with Crippen molar-refractivity contribution in [2.24, 2.45) is 0 Å². The van der Waals surface area contributed by atoms with Gasteiger partial charge >= 0.3 is 23.3 Å². The first-order valence-electron chi connectivity index (χ1n) is 5.86. The monoisotopic (exact) mass is 404 g/mol. The Bertz CT molecular complexity index is 737. The quantitative estimate of drug-likeness (QED) is 0.479. The highest BCUT2D eigenvalue weighted by atomic mass is 35.5. The molecule has 0 aromatic heterocycles. The molecule has 12 heteroatoms. The molecule has 0 heterocycles. The van der Waals surface area contributed by atoms with Gasteiger partial charge in [0, 0.05) is 12.1 Å². The molecule has 0 aliphatic rings. The third-order valence-electron chi connectivity index (χ3n) is 2.48. The highest BCUT2D eigenvalue weighted by Crippen LogP contribution is 2.18. The average molecular weight is 405 g/mol. The molecule has 0 amide bonds. The molecule has 0 radical (unpaired) electrons. The lowest BCUT2D eigenvalue weighted by Crippen LogP contribution is -3.00. The van der Waals surface area contributed by atoms with Crippen LogP contribution >= 0.6 is 0 Å². The van der Waals surface area contributed by atoms with Gasteiger partial charge in [0.25, 0.3) is 0 Å².